The Balaban J connectivity index is 2.42. The summed E-state index contributed by atoms with van der Waals surface area (Å²) in [5, 5.41) is 8.02. The summed E-state index contributed by atoms with van der Waals surface area (Å²) in [5.74, 6) is 0. The third-order valence-electron chi connectivity index (χ3n) is 1.80. The quantitative estimate of drug-likeness (QED) is 0.654. The lowest BCUT2D eigenvalue weighted by Gasteiger charge is -1.97. The Hall–Kier alpha value is -1.70. The molecule has 0 fully saturated rings. The summed E-state index contributed by atoms with van der Waals surface area (Å²) >= 11 is 0. The number of hydrogen-bond acceptors (Lipinski definition) is 2. The highest BCUT2D eigenvalue weighted by atomic mass is 15.1. The largest absolute Gasteiger partial charge is 0.155 e. The van der Waals surface area contributed by atoms with Gasteiger partial charge in [-0.1, -0.05) is 30.3 Å². The molecule has 1 aromatic carbocycles. The summed E-state index contributed by atoms with van der Waals surface area (Å²) in [6.07, 6.45) is 0. The van der Waals surface area contributed by atoms with Gasteiger partial charge in [-0.05, 0) is 13.0 Å². The number of hydrogen-bond donors (Lipinski definition) is 0. The second-order valence-electron chi connectivity index (χ2n) is 2.83. The van der Waals surface area contributed by atoms with Crippen LogP contribution in [0.5, 0.6) is 0 Å². The van der Waals surface area contributed by atoms with Crippen molar-refractivity contribution in [3.8, 4) is 11.3 Å². The Bertz CT molecular complexity index is 379. The van der Waals surface area contributed by atoms with Crippen LogP contribution in [0.15, 0.2) is 36.4 Å². The van der Waals surface area contributed by atoms with E-state index >= 15 is 0 Å². The first-order valence-electron chi connectivity index (χ1n) is 4.14. The summed E-state index contributed by atoms with van der Waals surface area (Å²) in [4.78, 5) is 0. The highest BCUT2D eigenvalue weighted by Crippen LogP contribution is 2.14. The Morgan fingerprint density at radius 3 is 2.46 bits per heavy atom. The lowest BCUT2D eigenvalue weighted by Crippen LogP contribution is -1.89. The van der Waals surface area contributed by atoms with Crippen LogP contribution in [0.2, 0.25) is 0 Å². The van der Waals surface area contributed by atoms with E-state index in [0.717, 1.165) is 17.0 Å². The minimum Gasteiger partial charge on any atom is -0.155 e. The lowest BCUT2D eigenvalue weighted by atomic mass is 10.1. The van der Waals surface area contributed by atoms with Crippen LogP contribution in [-0.4, -0.2) is 10.2 Å². The summed E-state index contributed by atoms with van der Waals surface area (Å²) in [6, 6.07) is 14.8. The van der Waals surface area contributed by atoms with Gasteiger partial charge in [-0.3, -0.25) is 0 Å². The monoisotopic (exact) mass is 169 g/mol. The molecule has 13 heavy (non-hydrogen) atoms. The van der Waals surface area contributed by atoms with E-state index in [-0.39, 0.29) is 0 Å². The molecule has 2 heteroatoms. The second kappa shape index (κ2) is 3.35. The number of aromatic nitrogens is 2. The van der Waals surface area contributed by atoms with Crippen LogP contribution in [0.1, 0.15) is 5.69 Å². The third kappa shape index (κ3) is 1.72. The van der Waals surface area contributed by atoms with E-state index in [2.05, 4.69) is 16.3 Å². The molecule has 0 aliphatic carbocycles. The van der Waals surface area contributed by atoms with E-state index in [1.54, 1.807) is 0 Å². The molecule has 2 rings (SSSR count). The average Bonchev–Trinajstić information content (AvgIpc) is 2.20. The average molecular weight is 169 g/mol. The van der Waals surface area contributed by atoms with E-state index in [1.807, 2.05) is 43.3 Å². The maximum absolute atomic E-state index is 4.07. The fourth-order valence-corrected chi connectivity index (χ4v) is 1.11. The lowest BCUT2D eigenvalue weighted by molar-refractivity contribution is 0.984. The van der Waals surface area contributed by atoms with Gasteiger partial charge in [0.05, 0.1) is 11.4 Å². The van der Waals surface area contributed by atoms with E-state index in [1.165, 1.54) is 0 Å². The van der Waals surface area contributed by atoms with Crippen LogP contribution in [0.25, 0.3) is 11.3 Å². The fraction of sp³-hybridized carbons (Fsp3) is 0.0909. The first-order valence-corrected chi connectivity index (χ1v) is 4.14. The normalized spacial score (nSPS) is 9.92. The first-order chi connectivity index (χ1) is 6.36. The van der Waals surface area contributed by atoms with Gasteiger partial charge in [0.2, 0.25) is 0 Å². The van der Waals surface area contributed by atoms with E-state index < -0.39 is 0 Å². The zero-order valence-corrected chi connectivity index (χ0v) is 7.36. The SMILES string of the molecule is Cc1[c]cc(-c2ccccc2)nn1. The zero-order valence-electron chi connectivity index (χ0n) is 7.36. The van der Waals surface area contributed by atoms with Crippen molar-refractivity contribution in [3.05, 3.63) is 48.2 Å². The second-order valence-corrected chi connectivity index (χ2v) is 2.83. The van der Waals surface area contributed by atoms with Crippen molar-refractivity contribution in [2.75, 3.05) is 0 Å². The van der Waals surface area contributed by atoms with Gasteiger partial charge >= 0.3 is 0 Å². The molecule has 0 aliphatic heterocycles. The van der Waals surface area contributed by atoms with Crippen molar-refractivity contribution < 1.29 is 0 Å². The maximum atomic E-state index is 4.07. The number of nitrogens with zero attached hydrogens (tertiary/aromatic N) is 2. The van der Waals surface area contributed by atoms with E-state index in [4.69, 9.17) is 0 Å². The van der Waals surface area contributed by atoms with Crippen LogP contribution in [-0.2, 0) is 0 Å². The molecule has 0 aliphatic rings. The van der Waals surface area contributed by atoms with E-state index in [9.17, 15) is 0 Å². The van der Waals surface area contributed by atoms with Crippen molar-refractivity contribution >= 4 is 0 Å². The molecule has 0 atom stereocenters. The standard InChI is InChI=1S/C11H9N2/c1-9-7-8-11(13-12-9)10-5-3-2-4-6-10/h2-6,8H,1H3. The third-order valence-corrected chi connectivity index (χ3v) is 1.80. The molecule has 2 nitrogen and oxygen atoms in total. The number of rotatable bonds is 1. The molecule has 1 aromatic heterocycles. The molecule has 63 valence electrons. The highest BCUT2D eigenvalue weighted by Gasteiger charge is 1.97. The summed E-state index contributed by atoms with van der Waals surface area (Å²) in [6.45, 7) is 1.88. The molecule has 0 amide bonds. The molecule has 0 saturated carbocycles. The number of aryl methyl sites for hydroxylation is 1. The molecule has 0 saturated heterocycles. The molecule has 2 aromatic rings. The Morgan fingerprint density at radius 1 is 1.08 bits per heavy atom. The van der Waals surface area contributed by atoms with Crippen LogP contribution < -0.4 is 0 Å². The topological polar surface area (TPSA) is 25.8 Å². The van der Waals surface area contributed by atoms with Crippen molar-refractivity contribution in [2.24, 2.45) is 0 Å². The molecular weight excluding hydrogens is 160 g/mol. The molecule has 0 N–H and O–H groups in total. The first kappa shape index (κ1) is 7.92. The van der Waals surface area contributed by atoms with Gasteiger partial charge in [0.15, 0.2) is 0 Å². The van der Waals surface area contributed by atoms with Crippen LogP contribution in [0.3, 0.4) is 0 Å². The minimum atomic E-state index is 0.819. The molecular formula is C11H9N2. The van der Waals surface area contributed by atoms with Crippen LogP contribution in [0, 0.1) is 13.0 Å². The highest BCUT2D eigenvalue weighted by molar-refractivity contribution is 5.57. The fourth-order valence-electron chi connectivity index (χ4n) is 1.11. The molecule has 0 spiro atoms. The Morgan fingerprint density at radius 2 is 1.85 bits per heavy atom. The van der Waals surface area contributed by atoms with Crippen molar-refractivity contribution in [3.63, 3.8) is 0 Å². The predicted octanol–water partition coefficient (Wildman–Crippen LogP) is 2.25. The molecule has 1 heterocycles. The molecule has 0 bridgehead atoms. The van der Waals surface area contributed by atoms with Gasteiger partial charge in [-0.2, -0.15) is 10.2 Å². The number of benzene rings is 1. The molecule has 0 unspecified atom stereocenters. The van der Waals surface area contributed by atoms with E-state index in [0.29, 0.717) is 0 Å². The van der Waals surface area contributed by atoms with Crippen molar-refractivity contribution in [1.29, 1.82) is 0 Å². The summed E-state index contributed by atoms with van der Waals surface area (Å²) in [5.41, 5.74) is 2.76. The predicted molar refractivity (Wildman–Crippen MR) is 51.0 cm³/mol. The summed E-state index contributed by atoms with van der Waals surface area (Å²) in [7, 11) is 0. The minimum absolute atomic E-state index is 0.819. The van der Waals surface area contributed by atoms with Gasteiger partial charge in [-0.25, -0.2) is 0 Å². The van der Waals surface area contributed by atoms with Crippen LogP contribution in [0.4, 0.5) is 0 Å². The van der Waals surface area contributed by atoms with Gasteiger partial charge < -0.3 is 0 Å². The maximum Gasteiger partial charge on any atom is 0.0936 e. The Kier molecular flexibility index (Phi) is 2.04. The zero-order chi connectivity index (χ0) is 9.10. The van der Waals surface area contributed by atoms with Gasteiger partial charge in [0, 0.05) is 11.6 Å². The molecule has 1 radical (unpaired) electrons. The van der Waals surface area contributed by atoms with Gasteiger partial charge in [0.1, 0.15) is 0 Å². The Labute approximate surface area is 77.3 Å². The van der Waals surface area contributed by atoms with Gasteiger partial charge in [-0.15, -0.1) is 0 Å². The van der Waals surface area contributed by atoms with Crippen molar-refractivity contribution in [2.45, 2.75) is 6.92 Å². The summed E-state index contributed by atoms with van der Waals surface area (Å²) < 4.78 is 0. The van der Waals surface area contributed by atoms with Gasteiger partial charge in [0.25, 0.3) is 0 Å². The van der Waals surface area contributed by atoms with Crippen molar-refractivity contribution in [1.82, 2.24) is 10.2 Å². The smallest absolute Gasteiger partial charge is 0.0936 e. The van der Waals surface area contributed by atoms with Crippen LogP contribution >= 0.6 is 0 Å².